The standard InChI is InChI=1S/C19H23NOS/c21-22(19-9-5-2-6-10-19)16-18-11-13-20(14-12-18)15-17-7-3-1-4-8-17/h1-10,18H,11-16H2. The first-order valence-corrected chi connectivity index (χ1v) is 9.33. The topological polar surface area (TPSA) is 20.3 Å². The van der Waals surface area contributed by atoms with Crippen molar-refractivity contribution in [3.63, 3.8) is 0 Å². The van der Waals surface area contributed by atoms with Crippen molar-refractivity contribution in [1.82, 2.24) is 4.90 Å². The van der Waals surface area contributed by atoms with Crippen molar-refractivity contribution < 1.29 is 4.21 Å². The van der Waals surface area contributed by atoms with Gasteiger partial charge in [-0.3, -0.25) is 9.11 Å². The maximum absolute atomic E-state index is 12.4. The fourth-order valence-corrected chi connectivity index (χ4v) is 4.45. The van der Waals surface area contributed by atoms with Crippen molar-refractivity contribution in [3.05, 3.63) is 66.2 Å². The molecule has 0 radical (unpaired) electrons. The van der Waals surface area contributed by atoms with Crippen LogP contribution in [-0.4, -0.2) is 28.0 Å². The van der Waals surface area contributed by atoms with Crippen LogP contribution in [-0.2, 0) is 17.3 Å². The summed E-state index contributed by atoms with van der Waals surface area (Å²) in [5.41, 5.74) is 1.38. The van der Waals surface area contributed by atoms with Gasteiger partial charge in [-0.2, -0.15) is 0 Å². The molecule has 1 aliphatic heterocycles. The first-order chi connectivity index (χ1) is 10.8. The number of benzene rings is 2. The average Bonchev–Trinajstić information content (AvgIpc) is 2.58. The molecule has 0 aromatic heterocycles. The summed E-state index contributed by atoms with van der Waals surface area (Å²) >= 11 is 0. The smallest absolute Gasteiger partial charge is 0.0532 e. The Kier molecular flexibility index (Phi) is 5.41. The zero-order chi connectivity index (χ0) is 15.2. The number of nitrogens with zero attached hydrogens (tertiary/aromatic N) is 1. The summed E-state index contributed by atoms with van der Waals surface area (Å²) < 4.78 is 12.4. The second-order valence-electron chi connectivity index (χ2n) is 6.03. The van der Waals surface area contributed by atoms with Gasteiger partial charge in [0.25, 0.3) is 0 Å². The fraction of sp³-hybridized carbons (Fsp3) is 0.368. The largest absolute Gasteiger partial charge is 0.299 e. The van der Waals surface area contributed by atoms with Crippen molar-refractivity contribution >= 4 is 10.8 Å². The summed E-state index contributed by atoms with van der Waals surface area (Å²) in [5, 5.41) is 0. The molecule has 1 fully saturated rings. The van der Waals surface area contributed by atoms with Crippen LogP contribution in [0.1, 0.15) is 18.4 Å². The summed E-state index contributed by atoms with van der Waals surface area (Å²) in [6, 6.07) is 20.5. The first-order valence-electron chi connectivity index (χ1n) is 8.01. The van der Waals surface area contributed by atoms with Crippen molar-refractivity contribution in [2.75, 3.05) is 18.8 Å². The van der Waals surface area contributed by atoms with E-state index >= 15 is 0 Å². The third-order valence-corrected chi connectivity index (χ3v) is 5.92. The van der Waals surface area contributed by atoms with Crippen molar-refractivity contribution in [1.29, 1.82) is 0 Å². The lowest BCUT2D eigenvalue weighted by Crippen LogP contribution is -2.34. The van der Waals surface area contributed by atoms with E-state index in [-0.39, 0.29) is 0 Å². The SMILES string of the molecule is O=S(CC1CCN(Cc2ccccc2)CC1)c1ccccc1. The molecule has 3 rings (SSSR count). The van der Waals surface area contributed by atoms with Crippen LogP contribution in [0.25, 0.3) is 0 Å². The van der Waals surface area contributed by atoms with Gasteiger partial charge in [-0.05, 0) is 49.5 Å². The van der Waals surface area contributed by atoms with Gasteiger partial charge in [-0.1, -0.05) is 48.5 Å². The zero-order valence-electron chi connectivity index (χ0n) is 12.9. The van der Waals surface area contributed by atoms with Gasteiger partial charge in [0.1, 0.15) is 0 Å². The average molecular weight is 313 g/mol. The van der Waals surface area contributed by atoms with E-state index in [1.807, 2.05) is 30.3 Å². The quantitative estimate of drug-likeness (QED) is 0.839. The van der Waals surface area contributed by atoms with Gasteiger partial charge in [0.2, 0.25) is 0 Å². The molecule has 1 atom stereocenters. The Morgan fingerprint density at radius 2 is 1.50 bits per heavy atom. The van der Waals surface area contributed by atoms with E-state index in [1.165, 1.54) is 5.56 Å². The third kappa shape index (κ3) is 4.28. The zero-order valence-corrected chi connectivity index (χ0v) is 13.7. The van der Waals surface area contributed by atoms with Crippen molar-refractivity contribution in [2.24, 2.45) is 5.92 Å². The second kappa shape index (κ2) is 7.70. The molecule has 2 aromatic rings. The van der Waals surface area contributed by atoms with E-state index in [9.17, 15) is 4.21 Å². The summed E-state index contributed by atoms with van der Waals surface area (Å²) in [5.74, 6) is 1.40. The molecule has 0 bridgehead atoms. The van der Waals surface area contributed by atoms with Crippen molar-refractivity contribution in [2.45, 2.75) is 24.3 Å². The molecule has 0 aliphatic carbocycles. The van der Waals surface area contributed by atoms with Crippen LogP contribution < -0.4 is 0 Å². The van der Waals surface area contributed by atoms with E-state index in [0.29, 0.717) is 5.92 Å². The number of piperidine rings is 1. The molecule has 1 heterocycles. The van der Waals surface area contributed by atoms with Crippen LogP contribution in [0.15, 0.2) is 65.6 Å². The van der Waals surface area contributed by atoms with E-state index in [1.54, 1.807) is 0 Å². The lowest BCUT2D eigenvalue weighted by Gasteiger charge is -2.31. The highest BCUT2D eigenvalue weighted by Crippen LogP contribution is 2.21. The third-order valence-electron chi connectivity index (χ3n) is 4.35. The molecule has 2 nitrogen and oxygen atoms in total. The minimum Gasteiger partial charge on any atom is -0.299 e. The summed E-state index contributed by atoms with van der Waals surface area (Å²) in [7, 11) is -0.849. The Hall–Kier alpha value is -1.45. The molecule has 1 saturated heterocycles. The lowest BCUT2D eigenvalue weighted by molar-refractivity contribution is 0.186. The maximum atomic E-state index is 12.4. The van der Waals surface area contributed by atoms with Gasteiger partial charge < -0.3 is 0 Å². The molecule has 3 heteroatoms. The van der Waals surface area contributed by atoms with Crippen LogP contribution in [0.2, 0.25) is 0 Å². The number of hydrogen-bond donors (Lipinski definition) is 0. The van der Waals surface area contributed by atoms with E-state index in [4.69, 9.17) is 0 Å². The molecule has 0 spiro atoms. The number of hydrogen-bond acceptors (Lipinski definition) is 2. The van der Waals surface area contributed by atoms with E-state index in [2.05, 4.69) is 35.2 Å². The monoisotopic (exact) mass is 313 g/mol. The fourth-order valence-electron chi connectivity index (χ4n) is 3.04. The molecule has 116 valence electrons. The molecule has 0 amide bonds. The molecule has 1 unspecified atom stereocenters. The van der Waals surface area contributed by atoms with Gasteiger partial charge >= 0.3 is 0 Å². The van der Waals surface area contributed by atoms with Crippen molar-refractivity contribution in [3.8, 4) is 0 Å². The number of likely N-dealkylation sites (tertiary alicyclic amines) is 1. The lowest BCUT2D eigenvalue weighted by atomic mass is 9.98. The van der Waals surface area contributed by atoms with Crippen LogP contribution in [0.4, 0.5) is 0 Å². The molecule has 1 aliphatic rings. The predicted molar refractivity (Wildman–Crippen MR) is 92.2 cm³/mol. The van der Waals surface area contributed by atoms with Crippen LogP contribution in [0, 0.1) is 5.92 Å². The minimum atomic E-state index is -0.849. The van der Waals surface area contributed by atoms with Gasteiger partial charge in [-0.15, -0.1) is 0 Å². The maximum Gasteiger partial charge on any atom is 0.0532 e. The molecule has 0 N–H and O–H groups in total. The highest BCUT2D eigenvalue weighted by Gasteiger charge is 2.21. The molecular weight excluding hydrogens is 290 g/mol. The van der Waals surface area contributed by atoms with Crippen LogP contribution in [0.5, 0.6) is 0 Å². The van der Waals surface area contributed by atoms with Gasteiger partial charge in [0, 0.05) is 17.2 Å². The molecule has 0 saturated carbocycles. The number of rotatable bonds is 5. The van der Waals surface area contributed by atoms with E-state index in [0.717, 1.165) is 43.1 Å². The van der Waals surface area contributed by atoms with Crippen LogP contribution in [0.3, 0.4) is 0 Å². The summed E-state index contributed by atoms with van der Waals surface area (Å²) in [4.78, 5) is 3.48. The Bertz CT molecular complexity index is 591. The molecule has 22 heavy (non-hydrogen) atoms. The normalized spacial score (nSPS) is 18.2. The highest BCUT2D eigenvalue weighted by molar-refractivity contribution is 7.85. The minimum absolute atomic E-state index is 0.591. The van der Waals surface area contributed by atoms with Gasteiger partial charge in [0.05, 0.1) is 10.8 Å². The predicted octanol–water partition coefficient (Wildman–Crippen LogP) is 3.71. The Morgan fingerprint density at radius 3 is 2.14 bits per heavy atom. The Morgan fingerprint density at radius 1 is 0.909 bits per heavy atom. The van der Waals surface area contributed by atoms with Gasteiger partial charge in [0.15, 0.2) is 0 Å². The second-order valence-corrected chi connectivity index (χ2v) is 7.53. The molecular formula is C19H23NOS. The Balaban J connectivity index is 1.47. The Labute approximate surface area is 135 Å². The first kappa shape index (κ1) is 15.4. The molecule has 2 aromatic carbocycles. The summed E-state index contributed by atoms with van der Waals surface area (Å²) in [6.07, 6.45) is 2.32. The van der Waals surface area contributed by atoms with Crippen LogP contribution >= 0.6 is 0 Å². The highest BCUT2D eigenvalue weighted by atomic mass is 32.2. The van der Waals surface area contributed by atoms with Gasteiger partial charge in [-0.25, -0.2) is 0 Å². The van der Waals surface area contributed by atoms with E-state index < -0.39 is 10.8 Å². The summed E-state index contributed by atoms with van der Waals surface area (Å²) in [6.45, 7) is 3.27.